The van der Waals surface area contributed by atoms with Gasteiger partial charge >= 0.3 is 0 Å². The first-order valence-corrected chi connectivity index (χ1v) is 6.82. The molecule has 1 unspecified atom stereocenters. The highest BCUT2D eigenvalue weighted by atomic mass is 32.2. The Bertz CT molecular complexity index is 304. The van der Waals surface area contributed by atoms with Crippen molar-refractivity contribution in [3.05, 3.63) is 0 Å². The molecule has 1 aliphatic rings. The summed E-state index contributed by atoms with van der Waals surface area (Å²) in [5, 5.41) is 0. The van der Waals surface area contributed by atoms with Gasteiger partial charge in [-0.15, -0.1) is 0 Å². The summed E-state index contributed by atoms with van der Waals surface area (Å²) >= 11 is 0. The summed E-state index contributed by atoms with van der Waals surface area (Å²) in [5.41, 5.74) is 5.58. The minimum Gasteiger partial charge on any atom is -0.330 e. The highest BCUT2D eigenvalue weighted by Gasteiger charge is 2.37. The molecule has 0 spiro atoms. The Balaban J connectivity index is 2.60. The average molecular weight is 235 g/mol. The molecule has 0 aromatic heterocycles. The van der Waals surface area contributed by atoms with Crippen LogP contribution in [0.4, 0.5) is 0 Å². The topological polar surface area (TPSA) is 75.4 Å². The van der Waals surface area contributed by atoms with Crippen LogP contribution in [0, 0.1) is 5.41 Å². The van der Waals surface area contributed by atoms with Crippen LogP contribution < -0.4 is 10.5 Å². The van der Waals surface area contributed by atoms with Crippen molar-refractivity contribution >= 4 is 10.2 Å². The molecule has 6 heteroatoms. The maximum absolute atomic E-state index is 11.8. The third-order valence-corrected chi connectivity index (χ3v) is 4.45. The van der Waals surface area contributed by atoms with E-state index in [-0.39, 0.29) is 5.41 Å². The van der Waals surface area contributed by atoms with E-state index in [0.29, 0.717) is 26.2 Å². The van der Waals surface area contributed by atoms with Crippen LogP contribution in [0.3, 0.4) is 0 Å². The lowest BCUT2D eigenvalue weighted by Gasteiger charge is -2.22. The van der Waals surface area contributed by atoms with Gasteiger partial charge in [0.25, 0.3) is 10.2 Å². The fourth-order valence-corrected chi connectivity index (χ4v) is 3.13. The summed E-state index contributed by atoms with van der Waals surface area (Å²) in [5.74, 6) is 0. The maximum Gasteiger partial charge on any atom is 0.279 e. The molecule has 0 aliphatic carbocycles. The lowest BCUT2D eigenvalue weighted by atomic mass is 9.90. The average Bonchev–Trinajstić information content (AvgIpc) is 2.60. The van der Waals surface area contributed by atoms with E-state index in [1.54, 1.807) is 0 Å². The molecule has 1 atom stereocenters. The third-order valence-electron chi connectivity index (χ3n) is 2.89. The van der Waals surface area contributed by atoms with Crippen LogP contribution in [0.25, 0.3) is 0 Å². The third kappa shape index (κ3) is 3.14. The predicted octanol–water partition coefficient (Wildman–Crippen LogP) is -0.0985. The van der Waals surface area contributed by atoms with E-state index in [2.05, 4.69) is 4.72 Å². The van der Waals surface area contributed by atoms with Crippen LogP contribution in [-0.4, -0.2) is 38.9 Å². The Labute approximate surface area is 92.2 Å². The molecule has 0 aromatic carbocycles. The van der Waals surface area contributed by atoms with Gasteiger partial charge in [0.05, 0.1) is 0 Å². The highest BCUT2D eigenvalue weighted by molar-refractivity contribution is 7.87. The summed E-state index contributed by atoms with van der Waals surface area (Å²) in [6.07, 6.45) is 1.65. The van der Waals surface area contributed by atoms with Crippen LogP contribution in [0.2, 0.25) is 0 Å². The number of nitrogens with zero attached hydrogens (tertiary/aromatic N) is 1. The first-order valence-electron chi connectivity index (χ1n) is 5.38. The number of rotatable bonds is 5. The number of nitrogens with two attached hydrogens (primary N) is 1. The Morgan fingerprint density at radius 2 is 2.20 bits per heavy atom. The zero-order valence-corrected chi connectivity index (χ0v) is 10.3. The minimum absolute atomic E-state index is 0.0546. The van der Waals surface area contributed by atoms with Crippen molar-refractivity contribution in [3.63, 3.8) is 0 Å². The quantitative estimate of drug-likeness (QED) is 0.699. The molecule has 1 saturated heterocycles. The molecule has 0 amide bonds. The minimum atomic E-state index is -3.28. The molecule has 0 bridgehead atoms. The van der Waals surface area contributed by atoms with Gasteiger partial charge in [0.1, 0.15) is 0 Å². The van der Waals surface area contributed by atoms with Crippen molar-refractivity contribution in [1.82, 2.24) is 9.03 Å². The maximum atomic E-state index is 11.8. The largest absolute Gasteiger partial charge is 0.330 e. The Kier molecular flexibility index (Phi) is 4.11. The first-order chi connectivity index (χ1) is 6.93. The van der Waals surface area contributed by atoms with Crippen LogP contribution >= 0.6 is 0 Å². The second-order valence-corrected chi connectivity index (χ2v) is 6.25. The van der Waals surface area contributed by atoms with Gasteiger partial charge in [-0.25, -0.2) is 4.72 Å². The highest BCUT2D eigenvalue weighted by Crippen LogP contribution is 2.29. The van der Waals surface area contributed by atoms with Crippen molar-refractivity contribution in [3.8, 4) is 0 Å². The lowest BCUT2D eigenvalue weighted by molar-refractivity contribution is 0.348. The fraction of sp³-hybridized carbons (Fsp3) is 1.00. The van der Waals surface area contributed by atoms with Gasteiger partial charge in [-0.1, -0.05) is 13.8 Å². The standard InChI is InChI=1S/C9H21N3O2S/c1-3-5-11-15(13,14)12-6-4-9(2,7-10)8-12/h11H,3-8,10H2,1-2H3. The lowest BCUT2D eigenvalue weighted by Crippen LogP contribution is -2.41. The number of hydrogen-bond acceptors (Lipinski definition) is 3. The van der Waals surface area contributed by atoms with E-state index in [0.717, 1.165) is 12.8 Å². The monoisotopic (exact) mass is 235 g/mol. The summed E-state index contributed by atoms with van der Waals surface area (Å²) in [6.45, 7) is 6.11. The van der Waals surface area contributed by atoms with E-state index in [4.69, 9.17) is 5.73 Å². The molecule has 1 aliphatic heterocycles. The second-order valence-electron chi connectivity index (χ2n) is 4.50. The van der Waals surface area contributed by atoms with Crippen molar-refractivity contribution in [2.24, 2.45) is 11.1 Å². The first kappa shape index (κ1) is 12.9. The van der Waals surface area contributed by atoms with E-state index in [9.17, 15) is 8.42 Å². The SMILES string of the molecule is CCCNS(=O)(=O)N1CCC(C)(CN)C1. The molecule has 90 valence electrons. The van der Waals surface area contributed by atoms with Gasteiger partial charge in [0.2, 0.25) is 0 Å². The molecule has 1 rings (SSSR count). The summed E-state index contributed by atoms with van der Waals surface area (Å²) < 4.78 is 27.6. The summed E-state index contributed by atoms with van der Waals surface area (Å²) in [6, 6.07) is 0. The van der Waals surface area contributed by atoms with Crippen molar-refractivity contribution in [1.29, 1.82) is 0 Å². The smallest absolute Gasteiger partial charge is 0.279 e. The summed E-state index contributed by atoms with van der Waals surface area (Å²) in [4.78, 5) is 0. The van der Waals surface area contributed by atoms with Gasteiger partial charge in [-0.3, -0.25) is 0 Å². The zero-order chi connectivity index (χ0) is 11.5. The Morgan fingerprint density at radius 3 is 2.67 bits per heavy atom. The van der Waals surface area contributed by atoms with Crippen molar-refractivity contribution < 1.29 is 8.42 Å². The molecule has 0 saturated carbocycles. The Morgan fingerprint density at radius 1 is 1.53 bits per heavy atom. The molecule has 1 fully saturated rings. The molecule has 15 heavy (non-hydrogen) atoms. The van der Waals surface area contributed by atoms with Crippen LogP contribution in [0.15, 0.2) is 0 Å². The van der Waals surface area contributed by atoms with Crippen molar-refractivity contribution in [2.45, 2.75) is 26.7 Å². The molecular formula is C9H21N3O2S. The normalized spacial score (nSPS) is 28.5. The van der Waals surface area contributed by atoms with E-state index in [1.807, 2.05) is 13.8 Å². The van der Waals surface area contributed by atoms with Gasteiger partial charge in [-0.2, -0.15) is 12.7 Å². The fourth-order valence-electron chi connectivity index (χ4n) is 1.67. The Hall–Kier alpha value is -0.170. The van der Waals surface area contributed by atoms with Gasteiger partial charge < -0.3 is 5.73 Å². The van der Waals surface area contributed by atoms with Crippen LogP contribution in [-0.2, 0) is 10.2 Å². The molecule has 3 N–H and O–H groups in total. The van der Waals surface area contributed by atoms with Gasteiger partial charge in [0, 0.05) is 19.6 Å². The molecule has 0 radical (unpaired) electrons. The van der Waals surface area contributed by atoms with Gasteiger partial charge in [-0.05, 0) is 24.8 Å². The van der Waals surface area contributed by atoms with E-state index >= 15 is 0 Å². The van der Waals surface area contributed by atoms with Gasteiger partial charge in [0.15, 0.2) is 0 Å². The molecule has 5 nitrogen and oxygen atoms in total. The van der Waals surface area contributed by atoms with E-state index < -0.39 is 10.2 Å². The zero-order valence-electron chi connectivity index (χ0n) is 9.49. The van der Waals surface area contributed by atoms with Crippen LogP contribution in [0.5, 0.6) is 0 Å². The predicted molar refractivity (Wildman–Crippen MR) is 60.6 cm³/mol. The van der Waals surface area contributed by atoms with Crippen LogP contribution in [0.1, 0.15) is 26.7 Å². The molecular weight excluding hydrogens is 214 g/mol. The summed E-state index contributed by atoms with van der Waals surface area (Å²) in [7, 11) is -3.28. The number of nitrogens with one attached hydrogen (secondary N) is 1. The molecule has 1 heterocycles. The second kappa shape index (κ2) is 4.78. The number of hydrogen-bond donors (Lipinski definition) is 2. The van der Waals surface area contributed by atoms with E-state index in [1.165, 1.54) is 4.31 Å². The molecule has 0 aromatic rings. The van der Waals surface area contributed by atoms with Crippen molar-refractivity contribution in [2.75, 3.05) is 26.2 Å².